The van der Waals surface area contributed by atoms with Crippen LogP contribution in [0.3, 0.4) is 0 Å². The smallest absolute Gasteiger partial charge is 0.257 e. The number of carbonyl (C=O) groups excluding carboxylic acids is 1. The van der Waals surface area contributed by atoms with Crippen molar-refractivity contribution in [3.63, 3.8) is 0 Å². The van der Waals surface area contributed by atoms with Crippen LogP contribution >= 0.6 is 0 Å². The van der Waals surface area contributed by atoms with E-state index >= 15 is 0 Å². The molecular formula is C14H20FN3O. The van der Waals surface area contributed by atoms with Crippen LogP contribution in [0.25, 0.3) is 0 Å². The third-order valence-corrected chi connectivity index (χ3v) is 3.36. The molecular weight excluding hydrogens is 245 g/mol. The van der Waals surface area contributed by atoms with E-state index in [1.54, 1.807) is 4.90 Å². The van der Waals surface area contributed by atoms with Crippen molar-refractivity contribution in [1.82, 2.24) is 9.88 Å². The summed E-state index contributed by atoms with van der Waals surface area (Å²) in [7, 11) is 0. The van der Waals surface area contributed by atoms with Gasteiger partial charge in [-0.05, 0) is 25.8 Å². The fourth-order valence-electron chi connectivity index (χ4n) is 2.34. The minimum atomic E-state index is -0.543. The number of nitrogens with zero attached hydrogens (tertiary/aromatic N) is 2. The molecule has 1 aromatic heterocycles. The van der Waals surface area contributed by atoms with Gasteiger partial charge in [0.15, 0.2) is 11.6 Å². The second-order valence-electron chi connectivity index (χ2n) is 4.76. The van der Waals surface area contributed by atoms with Gasteiger partial charge in [0.1, 0.15) is 0 Å². The Bertz CT molecular complexity index is 442. The van der Waals surface area contributed by atoms with E-state index in [0.717, 1.165) is 38.8 Å². The monoisotopic (exact) mass is 265 g/mol. The van der Waals surface area contributed by atoms with E-state index in [-0.39, 0.29) is 17.3 Å². The Morgan fingerprint density at radius 2 is 2.05 bits per heavy atom. The van der Waals surface area contributed by atoms with Crippen molar-refractivity contribution in [2.75, 3.05) is 25.0 Å². The van der Waals surface area contributed by atoms with Crippen LogP contribution in [0.4, 0.5) is 10.2 Å². The summed E-state index contributed by atoms with van der Waals surface area (Å²) in [6.07, 6.45) is 5.76. The normalized spacial score (nSPS) is 16.0. The average molecular weight is 265 g/mol. The van der Waals surface area contributed by atoms with Crippen LogP contribution in [0.2, 0.25) is 0 Å². The van der Waals surface area contributed by atoms with E-state index in [9.17, 15) is 9.18 Å². The maximum atomic E-state index is 14.2. The van der Waals surface area contributed by atoms with E-state index in [2.05, 4.69) is 10.3 Å². The number of carbonyl (C=O) groups is 1. The van der Waals surface area contributed by atoms with Crippen LogP contribution < -0.4 is 5.32 Å². The van der Waals surface area contributed by atoms with Gasteiger partial charge in [-0.25, -0.2) is 9.37 Å². The van der Waals surface area contributed by atoms with Gasteiger partial charge in [-0.3, -0.25) is 4.79 Å². The fourth-order valence-corrected chi connectivity index (χ4v) is 2.34. The van der Waals surface area contributed by atoms with E-state index in [0.29, 0.717) is 6.54 Å². The highest BCUT2D eigenvalue weighted by Crippen LogP contribution is 2.19. The molecule has 1 fully saturated rings. The number of hydrogen-bond acceptors (Lipinski definition) is 3. The van der Waals surface area contributed by atoms with Crippen molar-refractivity contribution < 1.29 is 9.18 Å². The van der Waals surface area contributed by atoms with Crippen LogP contribution in [-0.2, 0) is 0 Å². The molecule has 0 radical (unpaired) electrons. The predicted molar refractivity (Wildman–Crippen MR) is 72.7 cm³/mol. The first kappa shape index (κ1) is 13.8. The molecule has 5 heteroatoms. The quantitative estimate of drug-likeness (QED) is 0.914. The summed E-state index contributed by atoms with van der Waals surface area (Å²) < 4.78 is 14.2. The summed E-state index contributed by atoms with van der Waals surface area (Å²) in [6, 6.07) is 1.46. The largest absolute Gasteiger partial charge is 0.368 e. The Morgan fingerprint density at radius 1 is 1.37 bits per heavy atom. The van der Waals surface area contributed by atoms with E-state index in [1.165, 1.54) is 12.3 Å². The summed E-state index contributed by atoms with van der Waals surface area (Å²) in [4.78, 5) is 18.0. The molecule has 0 aliphatic carbocycles. The maximum Gasteiger partial charge on any atom is 0.257 e. The lowest BCUT2D eigenvalue weighted by Gasteiger charge is -2.20. The van der Waals surface area contributed by atoms with Gasteiger partial charge in [0, 0.05) is 25.8 Å². The number of nitrogens with one attached hydrogen (secondary N) is 1. The van der Waals surface area contributed by atoms with Crippen molar-refractivity contribution >= 4 is 11.7 Å². The Labute approximate surface area is 113 Å². The molecule has 1 N–H and O–H groups in total. The molecule has 0 bridgehead atoms. The lowest BCUT2D eigenvalue weighted by molar-refractivity contribution is 0.0757. The topological polar surface area (TPSA) is 45.2 Å². The van der Waals surface area contributed by atoms with E-state index < -0.39 is 5.82 Å². The predicted octanol–water partition coefficient (Wildman–Crippen LogP) is 2.67. The summed E-state index contributed by atoms with van der Waals surface area (Å²) in [5.41, 5.74) is 0.118. The second-order valence-corrected chi connectivity index (χ2v) is 4.76. The van der Waals surface area contributed by atoms with Gasteiger partial charge in [0.05, 0.1) is 5.56 Å². The van der Waals surface area contributed by atoms with Crippen molar-refractivity contribution in [3.05, 3.63) is 23.6 Å². The summed E-state index contributed by atoms with van der Waals surface area (Å²) in [6.45, 7) is 3.88. The Balaban J connectivity index is 2.20. The number of halogens is 1. The van der Waals surface area contributed by atoms with Crippen LogP contribution in [0.15, 0.2) is 12.3 Å². The summed E-state index contributed by atoms with van der Waals surface area (Å²) in [5.74, 6) is -0.609. The highest BCUT2D eigenvalue weighted by Gasteiger charge is 2.22. The molecule has 104 valence electrons. The zero-order chi connectivity index (χ0) is 13.7. The van der Waals surface area contributed by atoms with Gasteiger partial charge < -0.3 is 10.2 Å². The first-order valence-corrected chi connectivity index (χ1v) is 6.91. The molecule has 2 heterocycles. The van der Waals surface area contributed by atoms with Gasteiger partial charge >= 0.3 is 0 Å². The lowest BCUT2D eigenvalue weighted by atomic mass is 10.2. The molecule has 1 aliphatic heterocycles. The van der Waals surface area contributed by atoms with Crippen LogP contribution in [0.5, 0.6) is 0 Å². The SMILES string of the molecule is CCNc1nccc(C(=O)N2CCCCCC2)c1F. The lowest BCUT2D eigenvalue weighted by Crippen LogP contribution is -2.32. The zero-order valence-corrected chi connectivity index (χ0v) is 11.3. The number of aromatic nitrogens is 1. The first-order valence-electron chi connectivity index (χ1n) is 6.91. The molecule has 1 amide bonds. The highest BCUT2D eigenvalue weighted by molar-refractivity contribution is 5.95. The Morgan fingerprint density at radius 3 is 2.68 bits per heavy atom. The van der Waals surface area contributed by atoms with E-state index in [1.807, 2.05) is 6.92 Å². The van der Waals surface area contributed by atoms with Crippen molar-refractivity contribution in [2.24, 2.45) is 0 Å². The third kappa shape index (κ3) is 3.22. The molecule has 0 spiro atoms. The Kier molecular flexibility index (Phi) is 4.71. The van der Waals surface area contributed by atoms with Crippen molar-refractivity contribution in [1.29, 1.82) is 0 Å². The molecule has 0 atom stereocenters. The molecule has 0 unspecified atom stereocenters. The molecule has 1 aromatic rings. The fraction of sp³-hybridized carbons (Fsp3) is 0.571. The van der Waals surface area contributed by atoms with Gasteiger partial charge in [0.25, 0.3) is 5.91 Å². The minimum Gasteiger partial charge on any atom is -0.368 e. The number of pyridine rings is 1. The second kappa shape index (κ2) is 6.50. The van der Waals surface area contributed by atoms with Gasteiger partial charge in [-0.15, -0.1) is 0 Å². The molecule has 1 saturated heterocycles. The number of rotatable bonds is 3. The van der Waals surface area contributed by atoms with Gasteiger partial charge in [-0.2, -0.15) is 0 Å². The van der Waals surface area contributed by atoms with Crippen molar-refractivity contribution in [3.8, 4) is 0 Å². The average Bonchev–Trinajstić information content (AvgIpc) is 2.69. The van der Waals surface area contributed by atoms with Gasteiger partial charge in [-0.1, -0.05) is 12.8 Å². The van der Waals surface area contributed by atoms with Crippen LogP contribution in [-0.4, -0.2) is 35.4 Å². The van der Waals surface area contributed by atoms with Crippen LogP contribution in [0.1, 0.15) is 43.0 Å². The molecule has 2 rings (SSSR count). The zero-order valence-electron chi connectivity index (χ0n) is 11.3. The first-order chi connectivity index (χ1) is 9.24. The number of anilines is 1. The number of hydrogen-bond donors (Lipinski definition) is 1. The summed E-state index contributed by atoms with van der Waals surface area (Å²) in [5, 5.41) is 2.83. The number of likely N-dealkylation sites (tertiary alicyclic amines) is 1. The molecule has 0 saturated carbocycles. The Hall–Kier alpha value is -1.65. The summed E-state index contributed by atoms with van der Waals surface area (Å²) >= 11 is 0. The minimum absolute atomic E-state index is 0.118. The highest BCUT2D eigenvalue weighted by atomic mass is 19.1. The van der Waals surface area contributed by atoms with Gasteiger partial charge in [0.2, 0.25) is 0 Å². The molecule has 0 aromatic carbocycles. The number of amides is 1. The molecule has 1 aliphatic rings. The van der Waals surface area contributed by atoms with Crippen molar-refractivity contribution in [2.45, 2.75) is 32.6 Å². The van der Waals surface area contributed by atoms with Crippen LogP contribution in [0, 0.1) is 5.82 Å². The molecule has 19 heavy (non-hydrogen) atoms. The molecule has 4 nitrogen and oxygen atoms in total. The third-order valence-electron chi connectivity index (χ3n) is 3.36. The standard InChI is InChI=1S/C14H20FN3O/c1-2-16-13-12(15)11(7-8-17-13)14(19)18-9-5-3-4-6-10-18/h7-8H,2-6,9-10H2,1H3,(H,16,17). The van der Waals surface area contributed by atoms with E-state index in [4.69, 9.17) is 0 Å². The maximum absolute atomic E-state index is 14.2.